The van der Waals surface area contributed by atoms with Gasteiger partial charge in [0, 0.05) is 10.7 Å². The minimum absolute atomic E-state index is 0.173. The number of carbonyl (C=O) groups is 1. The lowest BCUT2D eigenvalue weighted by atomic mass is 10.1. The van der Waals surface area contributed by atoms with E-state index in [2.05, 4.69) is 5.32 Å². The van der Waals surface area contributed by atoms with Crippen molar-refractivity contribution in [2.45, 2.75) is 40.7 Å². The van der Waals surface area contributed by atoms with Gasteiger partial charge in [-0.3, -0.25) is 4.79 Å². The molecule has 0 saturated carbocycles. The van der Waals surface area contributed by atoms with Crippen molar-refractivity contribution < 1.29 is 9.53 Å². The molecule has 0 aliphatic carbocycles. The first-order valence-electron chi connectivity index (χ1n) is 7.60. The summed E-state index contributed by atoms with van der Waals surface area (Å²) in [4.78, 5) is 12.4. The SMILES string of the molecule is Cc1cc(O[C@H](C)C(=O)Nc2c(C)cccc2C)cc(C)c1Cl. The van der Waals surface area contributed by atoms with Crippen molar-refractivity contribution in [2.75, 3.05) is 5.32 Å². The third-order valence-corrected chi connectivity index (χ3v) is 4.42. The van der Waals surface area contributed by atoms with Crippen LogP contribution in [-0.2, 0) is 4.79 Å². The van der Waals surface area contributed by atoms with Crippen LogP contribution in [0.5, 0.6) is 5.75 Å². The summed E-state index contributed by atoms with van der Waals surface area (Å²) >= 11 is 6.16. The molecule has 0 aliphatic heterocycles. The number of para-hydroxylation sites is 1. The molecule has 0 unspecified atom stereocenters. The Hall–Kier alpha value is -2.00. The van der Waals surface area contributed by atoms with Crippen LogP contribution in [0, 0.1) is 27.7 Å². The molecule has 0 aliphatic rings. The van der Waals surface area contributed by atoms with E-state index in [0.29, 0.717) is 5.75 Å². The summed E-state index contributed by atoms with van der Waals surface area (Å²) < 4.78 is 5.77. The molecule has 122 valence electrons. The van der Waals surface area contributed by atoms with Crippen LogP contribution < -0.4 is 10.1 Å². The quantitative estimate of drug-likeness (QED) is 0.858. The summed E-state index contributed by atoms with van der Waals surface area (Å²) in [6.45, 7) is 9.52. The van der Waals surface area contributed by atoms with Gasteiger partial charge in [-0.2, -0.15) is 0 Å². The first-order chi connectivity index (χ1) is 10.8. The fourth-order valence-corrected chi connectivity index (χ4v) is 2.58. The molecule has 1 N–H and O–H groups in total. The van der Waals surface area contributed by atoms with E-state index in [1.54, 1.807) is 6.92 Å². The Morgan fingerprint density at radius 2 is 1.57 bits per heavy atom. The molecule has 0 spiro atoms. The van der Waals surface area contributed by atoms with Gasteiger partial charge in [0.05, 0.1) is 0 Å². The highest BCUT2D eigenvalue weighted by Crippen LogP contribution is 2.27. The minimum Gasteiger partial charge on any atom is -0.481 e. The summed E-state index contributed by atoms with van der Waals surface area (Å²) in [7, 11) is 0. The van der Waals surface area contributed by atoms with Crippen molar-refractivity contribution in [2.24, 2.45) is 0 Å². The van der Waals surface area contributed by atoms with Crippen molar-refractivity contribution in [3.05, 3.63) is 57.6 Å². The zero-order chi connectivity index (χ0) is 17.1. The molecule has 1 amide bonds. The van der Waals surface area contributed by atoms with Crippen LogP contribution in [0.15, 0.2) is 30.3 Å². The standard InChI is InChI=1S/C19H22ClNO2/c1-11-7-6-8-12(2)18(11)21-19(22)15(5)23-16-9-13(3)17(20)14(4)10-16/h6-10,15H,1-5H3,(H,21,22)/t15-/m1/s1. The number of rotatable bonds is 4. The molecule has 4 heteroatoms. The lowest BCUT2D eigenvalue weighted by Gasteiger charge is -2.18. The molecule has 23 heavy (non-hydrogen) atoms. The van der Waals surface area contributed by atoms with Crippen LogP contribution in [0.4, 0.5) is 5.69 Å². The second-order valence-electron chi connectivity index (χ2n) is 5.89. The minimum atomic E-state index is -0.603. The Morgan fingerprint density at radius 1 is 1.04 bits per heavy atom. The molecule has 0 radical (unpaired) electrons. The van der Waals surface area contributed by atoms with Crippen LogP contribution in [0.1, 0.15) is 29.2 Å². The van der Waals surface area contributed by atoms with Crippen molar-refractivity contribution in [3.63, 3.8) is 0 Å². The second kappa shape index (κ2) is 7.05. The molecular weight excluding hydrogens is 310 g/mol. The van der Waals surface area contributed by atoms with Gasteiger partial charge in [-0.1, -0.05) is 29.8 Å². The first kappa shape index (κ1) is 17.4. The van der Waals surface area contributed by atoms with Crippen LogP contribution in [0.25, 0.3) is 0 Å². The van der Waals surface area contributed by atoms with E-state index in [4.69, 9.17) is 16.3 Å². The van der Waals surface area contributed by atoms with Crippen LogP contribution in [0.2, 0.25) is 5.02 Å². The lowest BCUT2D eigenvalue weighted by Crippen LogP contribution is -2.30. The van der Waals surface area contributed by atoms with Crippen molar-refractivity contribution in [1.29, 1.82) is 0 Å². The second-order valence-corrected chi connectivity index (χ2v) is 6.27. The Kier molecular flexibility index (Phi) is 5.32. The van der Waals surface area contributed by atoms with Crippen molar-refractivity contribution >= 4 is 23.2 Å². The number of hydrogen-bond donors (Lipinski definition) is 1. The maximum absolute atomic E-state index is 12.4. The highest BCUT2D eigenvalue weighted by molar-refractivity contribution is 6.32. The van der Waals surface area contributed by atoms with E-state index in [0.717, 1.165) is 33.0 Å². The Bertz CT molecular complexity index is 697. The van der Waals surface area contributed by atoms with Gasteiger partial charge in [0.2, 0.25) is 0 Å². The van der Waals surface area contributed by atoms with Gasteiger partial charge in [-0.15, -0.1) is 0 Å². The average Bonchev–Trinajstić information content (AvgIpc) is 2.48. The predicted octanol–water partition coefficient (Wildman–Crippen LogP) is 4.98. The number of benzene rings is 2. The van der Waals surface area contributed by atoms with E-state index in [-0.39, 0.29) is 5.91 Å². The number of aryl methyl sites for hydroxylation is 4. The van der Waals surface area contributed by atoms with Gasteiger partial charge >= 0.3 is 0 Å². The molecule has 0 aromatic heterocycles. The number of halogens is 1. The summed E-state index contributed by atoms with van der Waals surface area (Å²) in [5.41, 5.74) is 4.77. The number of amides is 1. The number of carbonyl (C=O) groups excluding carboxylic acids is 1. The Morgan fingerprint density at radius 3 is 2.09 bits per heavy atom. The smallest absolute Gasteiger partial charge is 0.265 e. The molecule has 2 aromatic carbocycles. The average molecular weight is 332 g/mol. The van der Waals surface area contributed by atoms with Crippen LogP contribution in [-0.4, -0.2) is 12.0 Å². The summed E-state index contributed by atoms with van der Waals surface area (Å²) in [6.07, 6.45) is -0.603. The summed E-state index contributed by atoms with van der Waals surface area (Å²) in [5, 5.41) is 3.68. The monoisotopic (exact) mass is 331 g/mol. The molecular formula is C19H22ClNO2. The van der Waals surface area contributed by atoms with E-state index in [1.165, 1.54) is 0 Å². The summed E-state index contributed by atoms with van der Waals surface area (Å²) in [5.74, 6) is 0.473. The van der Waals surface area contributed by atoms with Gasteiger partial charge in [0.15, 0.2) is 6.10 Å². The normalized spacial score (nSPS) is 11.9. The van der Waals surface area contributed by atoms with Gasteiger partial charge in [0.1, 0.15) is 5.75 Å². The first-order valence-corrected chi connectivity index (χ1v) is 7.98. The molecule has 0 heterocycles. The van der Waals surface area contributed by atoms with E-state index >= 15 is 0 Å². The molecule has 0 bridgehead atoms. The van der Waals surface area contributed by atoms with E-state index < -0.39 is 6.10 Å². The van der Waals surface area contributed by atoms with Gasteiger partial charge in [-0.25, -0.2) is 0 Å². The molecule has 3 nitrogen and oxygen atoms in total. The predicted molar refractivity (Wildman–Crippen MR) is 95.6 cm³/mol. The topological polar surface area (TPSA) is 38.3 Å². The maximum Gasteiger partial charge on any atom is 0.265 e. The Labute approximate surface area is 142 Å². The molecule has 1 atom stereocenters. The van der Waals surface area contributed by atoms with Gasteiger partial charge in [-0.05, 0) is 69.0 Å². The van der Waals surface area contributed by atoms with Crippen molar-refractivity contribution in [3.8, 4) is 5.75 Å². The van der Waals surface area contributed by atoms with Gasteiger partial charge < -0.3 is 10.1 Å². The van der Waals surface area contributed by atoms with Crippen LogP contribution in [0.3, 0.4) is 0 Å². The highest BCUT2D eigenvalue weighted by atomic mass is 35.5. The maximum atomic E-state index is 12.4. The number of anilines is 1. The zero-order valence-corrected chi connectivity index (χ0v) is 14.9. The lowest BCUT2D eigenvalue weighted by molar-refractivity contribution is -0.122. The fourth-order valence-electron chi connectivity index (χ4n) is 2.47. The molecule has 0 saturated heterocycles. The third kappa shape index (κ3) is 4.05. The number of nitrogens with one attached hydrogen (secondary N) is 1. The number of hydrogen-bond acceptors (Lipinski definition) is 2. The molecule has 0 fully saturated rings. The molecule has 2 aromatic rings. The zero-order valence-electron chi connectivity index (χ0n) is 14.2. The van der Waals surface area contributed by atoms with E-state index in [9.17, 15) is 4.79 Å². The van der Waals surface area contributed by atoms with Gasteiger partial charge in [0.25, 0.3) is 5.91 Å². The highest BCUT2D eigenvalue weighted by Gasteiger charge is 2.17. The largest absolute Gasteiger partial charge is 0.481 e. The van der Waals surface area contributed by atoms with Crippen molar-refractivity contribution in [1.82, 2.24) is 0 Å². The van der Waals surface area contributed by atoms with Crippen LogP contribution >= 0.6 is 11.6 Å². The van der Waals surface area contributed by atoms with E-state index in [1.807, 2.05) is 58.0 Å². The molecule has 2 rings (SSSR count). The Balaban J connectivity index is 2.12. The fraction of sp³-hybridized carbons (Fsp3) is 0.316. The number of ether oxygens (including phenoxy) is 1. The summed E-state index contributed by atoms with van der Waals surface area (Å²) in [6, 6.07) is 9.61. The third-order valence-electron chi connectivity index (χ3n) is 3.82.